The summed E-state index contributed by atoms with van der Waals surface area (Å²) in [5, 5.41) is 23.6. The Morgan fingerprint density at radius 3 is 2.58 bits per heavy atom. The van der Waals surface area contributed by atoms with Crippen LogP contribution in [0, 0.1) is 0 Å². The lowest BCUT2D eigenvalue weighted by Gasteiger charge is -2.33. The van der Waals surface area contributed by atoms with Crippen LogP contribution in [0.4, 0.5) is 16.6 Å². The molecule has 3 atom stereocenters. The zero-order chi connectivity index (χ0) is 37.0. The molecule has 1 aliphatic carbocycles. The van der Waals surface area contributed by atoms with Crippen molar-refractivity contribution in [1.29, 1.82) is 0 Å². The van der Waals surface area contributed by atoms with E-state index in [4.69, 9.17) is 14.6 Å². The molecular weight excluding hydrogens is 667 g/mol. The fourth-order valence-corrected chi connectivity index (χ4v) is 7.30. The van der Waals surface area contributed by atoms with E-state index in [2.05, 4.69) is 77.8 Å². The Bertz CT molecular complexity index is 2020. The molecule has 0 saturated carbocycles. The number of nitrogens with one attached hydrogen (secondary N) is 3. The second-order valence-corrected chi connectivity index (χ2v) is 15.3. The third-order valence-electron chi connectivity index (χ3n) is 10.2. The molecule has 53 heavy (non-hydrogen) atoms. The molecule has 0 radical (unpaired) electrons. The molecule has 3 aromatic heterocycles. The number of pyridine rings is 1. The van der Waals surface area contributed by atoms with Crippen molar-refractivity contribution in [2.75, 3.05) is 36.5 Å². The number of piperidine rings is 1. The lowest BCUT2D eigenvalue weighted by molar-refractivity contribution is 0.171. The second-order valence-electron chi connectivity index (χ2n) is 15.3. The average Bonchev–Trinajstić information content (AvgIpc) is 3.77. The quantitative estimate of drug-likeness (QED) is 0.112. The minimum absolute atomic E-state index is 0.161. The van der Waals surface area contributed by atoms with Crippen LogP contribution in [0.3, 0.4) is 0 Å². The Morgan fingerprint density at radius 1 is 0.925 bits per heavy atom. The van der Waals surface area contributed by atoms with E-state index >= 15 is 0 Å². The van der Waals surface area contributed by atoms with Gasteiger partial charge in [0.05, 0.1) is 23.6 Å². The van der Waals surface area contributed by atoms with Crippen LogP contribution in [0.2, 0.25) is 0 Å². The lowest BCUT2D eigenvalue weighted by atomic mass is 9.85. The first-order chi connectivity index (χ1) is 25.7. The third kappa shape index (κ3) is 8.27. The highest BCUT2D eigenvalue weighted by atomic mass is 16.5. The van der Waals surface area contributed by atoms with E-state index in [1.807, 2.05) is 65.2 Å². The minimum atomic E-state index is -0.294. The molecule has 12 heteroatoms. The fraction of sp³-hybridized carbons (Fsp3) is 0.463. The first kappa shape index (κ1) is 36.3. The van der Waals surface area contributed by atoms with E-state index < -0.39 is 0 Å². The van der Waals surface area contributed by atoms with Crippen LogP contribution in [0.25, 0.3) is 11.3 Å². The summed E-state index contributed by atoms with van der Waals surface area (Å²) in [5.41, 5.74) is 4.37. The summed E-state index contributed by atoms with van der Waals surface area (Å²) < 4.78 is 16.5. The summed E-state index contributed by atoms with van der Waals surface area (Å²) in [5.74, 6) is 2.96. The Labute approximate surface area is 312 Å². The maximum atomic E-state index is 13.7. The van der Waals surface area contributed by atoms with Crippen LogP contribution in [0.5, 0.6) is 11.5 Å². The van der Waals surface area contributed by atoms with Gasteiger partial charge in [-0.25, -0.2) is 9.48 Å². The Balaban J connectivity index is 1.06. The highest BCUT2D eigenvalue weighted by Gasteiger charge is 2.31. The third-order valence-corrected chi connectivity index (χ3v) is 10.2. The number of fused-ring (bicyclic) bond motifs is 2. The first-order valence-corrected chi connectivity index (χ1v) is 19.2. The van der Waals surface area contributed by atoms with Crippen molar-refractivity contribution >= 4 is 23.4 Å². The number of aromatic nitrogens is 5. The molecule has 4 heterocycles. The van der Waals surface area contributed by atoms with Crippen molar-refractivity contribution in [2.45, 2.75) is 96.7 Å². The molecule has 1 aliphatic heterocycles. The molecule has 1 fully saturated rings. The highest BCUT2D eigenvalue weighted by molar-refractivity contribution is 5.89. The molecule has 0 bridgehead atoms. The van der Waals surface area contributed by atoms with E-state index in [1.165, 1.54) is 6.42 Å². The minimum Gasteiger partial charge on any atom is -0.492 e. The average molecular weight is 720 g/mol. The van der Waals surface area contributed by atoms with E-state index in [9.17, 15) is 4.79 Å². The number of amides is 2. The first-order valence-electron chi connectivity index (χ1n) is 19.2. The molecule has 1 unspecified atom stereocenters. The summed E-state index contributed by atoms with van der Waals surface area (Å²) in [6.07, 6.45) is 7.94. The molecule has 0 spiro atoms. The number of nitrogens with zero attached hydrogens (tertiary/aromatic N) is 6. The van der Waals surface area contributed by atoms with Crippen LogP contribution >= 0.6 is 0 Å². The van der Waals surface area contributed by atoms with Crippen molar-refractivity contribution in [3.05, 3.63) is 89.7 Å². The van der Waals surface area contributed by atoms with E-state index in [0.717, 1.165) is 97.3 Å². The highest BCUT2D eigenvalue weighted by Crippen LogP contribution is 2.39. The topological polar surface area (TPSA) is 123 Å². The van der Waals surface area contributed by atoms with Crippen molar-refractivity contribution in [2.24, 2.45) is 0 Å². The summed E-state index contributed by atoms with van der Waals surface area (Å²) in [7, 11) is 0. The lowest BCUT2D eigenvalue weighted by Crippen LogP contribution is -2.38. The number of urea groups is 1. The van der Waals surface area contributed by atoms with Gasteiger partial charge in [0.15, 0.2) is 5.65 Å². The number of carbonyl (C=O) groups excluding carboxylic acids is 1. The molecule has 12 nitrogen and oxygen atoms in total. The molecular formula is C41H53N9O3. The summed E-state index contributed by atoms with van der Waals surface area (Å²) in [6.45, 7) is 14.0. The summed E-state index contributed by atoms with van der Waals surface area (Å²) in [6, 6.07) is 21.9. The molecule has 5 aromatic rings. The van der Waals surface area contributed by atoms with Gasteiger partial charge >= 0.3 is 6.03 Å². The fourth-order valence-electron chi connectivity index (χ4n) is 7.30. The number of anilines is 2. The number of hydrogen-bond acceptors (Lipinski definition) is 8. The van der Waals surface area contributed by atoms with Gasteiger partial charge in [-0.1, -0.05) is 58.0 Å². The monoisotopic (exact) mass is 719 g/mol. The number of carbonyl (C=O) groups is 1. The smallest absolute Gasteiger partial charge is 0.320 e. The van der Waals surface area contributed by atoms with E-state index in [-0.39, 0.29) is 23.6 Å². The van der Waals surface area contributed by atoms with Crippen LogP contribution in [0.1, 0.15) is 102 Å². The number of rotatable bonds is 12. The van der Waals surface area contributed by atoms with Crippen molar-refractivity contribution in [3.63, 3.8) is 0 Å². The zero-order valence-corrected chi connectivity index (χ0v) is 31.6. The van der Waals surface area contributed by atoms with Gasteiger partial charge in [0, 0.05) is 36.7 Å². The van der Waals surface area contributed by atoms with Gasteiger partial charge < -0.3 is 25.0 Å². The summed E-state index contributed by atoms with van der Waals surface area (Å²) >= 11 is 0. The molecule has 3 N–H and O–H groups in total. The Kier molecular flexibility index (Phi) is 10.9. The Morgan fingerprint density at radius 2 is 1.77 bits per heavy atom. The predicted molar refractivity (Wildman–Crippen MR) is 209 cm³/mol. The number of ether oxygens (including phenoxy) is 2. The van der Waals surface area contributed by atoms with Gasteiger partial charge in [0.1, 0.15) is 30.0 Å². The van der Waals surface area contributed by atoms with E-state index in [0.29, 0.717) is 18.5 Å². The van der Waals surface area contributed by atoms with Crippen LogP contribution in [-0.2, 0) is 5.41 Å². The molecule has 2 aromatic carbocycles. The Hall–Kier alpha value is -5.10. The zero-order valence-electron chi connectivity index (χ0n) is 31.6. The van der Waals surface area contributed by atoms with Crippen LogP contribution in [0.15, 0.2) is 72.9 Å². The van der Waals surface area contributed by atoms with Crippen molar-refractivity contribution in [1.82, 2.24) is 35.0 Å². The van der Waals surface area contributed by atoms with Gasteiger partial charge in [-0.15, -0.1) is 10.2 Å². The molecule has 2 aliphatic rings. The van der Waals surface area contributed by atoms with Gasteiger partial charge in [-0.2, -0.15) is 5.10 Å². The van der Waals surface area contributed by atoms with Crippen LogP contribution < -0.4 is 30.3 Å². The van der Waals surface area contributed by atoms with Gasteiger partial charge in [0.25, 0.3) is 0 Å². The van der Waals surface area contributed by atoms with Crippen molar-refractivity contribution < 1.29 is 14.3 Å². The van der Waals surface area contributed by atoms with Gasteiger partial charge in [0.2, 0.25) is 5.95 Å². The van der Waals surface area contributed by atoms with E-state index in [1.54, 1.807) is 4.68 Å². The second kappa shape index (κ2) is 15.9. The SMILES string of the molecule is CCCNCCOc1cccc(-n2nc(C(C)(C)C)cc2NC(=O)N[C@H]2CC[C@@H](Oc3ccc4nnc(N5CCCCC5C)n4c3)c3ccccc32)c1. The number of hydrogen-bond donors (Lipinski definition) is 3. The molecule has 7 rings (SSSR count). The largest absolute Gasteiger partial charge is 0.492 e. The molecule has 2 amide bonds. The summed E-state index contributed by atoms with van der Waals surface area (Å²) in [4.78, 5) is 16.1. The standard InChI is InChI=1S/C41H53N9O3/c1-6-21-42-22-24-52-30-14-11-13-29(25-30)50-38(26-36(47-50)41(3,4)5)44-39(51)43-34-18-19-35(33-16-8-7-15-32(33)34)53-31-17-20-37-45-46-40(49(37)27-31)48-23-10-9-12-28(48)2/h7-8,11,13-17,20,25-28,34-35,42H,6,9-10,12,18-19,21-24H2,1-5H3,(H2,43,44,51)/t28?,34-,35+/m0/s1. The normalized spacial score (nSPS) is 18.8. The maximum absolute atomic E-state index is 13.7. The predicted octanol–water partition coefficient (Wildman–Crippen LogP) is 7.75. The van der Waals surface area contributed by atoms with Crippen molar-refractivity contribution in [3.8, 4) is 17.2 Å². The maximum Gasteiger partial charge on any atom is 0.320 e. The molecule has 280 valence electrons. The molecule has 1 saturated heterocycles. The van der Waals surface area contributed by atoms with Crippen LogP contribution in [-0.4, -0.2) is 62.7 Å². The van der Waals surface area contributed by atoms with Gasteiger partial charge in [-0.3, -0.25) is 9.72 Å². The van der Waals surface area contributed by atoms with Gasteiger partial charge in [-0.05, 0) is 87.4 Å². The number of benzene rings is 2.